The number of H-pyrrole nitrogens is 1. The molecule has 0 amide bonds. The molecule has 2 atom stereocenters. The molecule has 1 aliphatic rings. The number of nitrogens with two attached hydrogens (primary N) is 1. The lowest BCUT2D eigenvalue weighted by atomic mass is 10.0. The number of hydrogen-bond donors (Lipinski definition) is 2. The summed E-state index contributed by atoms with van der Waals surface area (Å²) < 4.78 is 26.7. The first-order valence-electron chi connectivity index (χ1n) is 5.87. The Balaban J connectivity index is 2.13. The predicted octanol–water partition coefficient (Wildman–Crippen LogP) is 3.06. The van der Waals surface area contributed by atoms with Crippen molar-refractivity contribution in [1.29, 1.82) is 0 Å². The molecule has 0 aliphatic heterocycles. The fraction of sp³-hybridized carbons (Fsp3) is 0.308. The van der Waals surface area contributed by atoms with Crippen molar-refractivity contribution < 1.29 is 8.78 Å². The maximum Gasteiger partial charge on any atom is 0.153 e. The third-order valence-electron chi connectivity index (χ3n) is 3.50. The molecule has 2 aromatic rings. The van der Waals surface area contributed by atoms with Crippen molar-refractivity contribution >= 4 is 5.82 Å². The molecule has 3 rings (SSSR count). The minimum absolute atomic E-state index is 0.259. The van der Waals surface area contributed by atoms with Crippen LogP contribution in [0.15, 0.2) is 18.2 Å². The van der Waals surface area contributed by atoms with Crippen LogP contribution in [0, 0.1) is 17.6 Å². The van der Waals surface area contributed by atoms with Crippen LogP contribution < -0.4 is 5.73 Å². The minimum atomic E-state index is -0.613. The molecule has 0 radical (unpaired) electrons. The largest absolute Gasteiger partial charge is 0.382 e. The average molecular weight is 249 g/mol. The molecule has 1 aromatic carbocycles. The van der Waals surface area contributed by atoms with Gasteiger partial charge in [0.15, 0.2) is 5.82 Å². The van der Waals surface area contributed by atoms with Crippen LogP contribution in [0.25, 0.3) is 11.1 Å². The molecule has 94 valence electrons. The van der Waals surface area contributed by atoms with E-state index in [1.807, 2.05) is 0 Å². The molecule has 3 nitrogen and oxygen atoms in total. The first-order chi connectivity index (χ1) is 8.58. The molecule has 2 unspecified atom stereocenters. The van der Waals surface area contributed by atoms with Crippen molar-refractivity contribution in [3.63, 3.8) is 0 Å². The van der Waals surface area contributed by atoms with Gasteiger partial charge in [0.1, 0.15) is 11.6 Å². The monoisotopic (exact) mass is 249 g/mol. The van der Waals surface area contributed by atoms with E-state index in [-0.39, 0.29) is 5.82 Å². The number of nitrogens with zero attached hydrogens (tertiary/aromatic N) is 1. The summed E-state index contributed by atoms with van der Waals surface area (Å²) in [5.74, 6) is -0.0618. The van der Waals surface area contributed by atoms with Crippen molar-refractivity contribution in [2.75, 3.05) is 5.73 Å². The molecule has 0 spiro atoms. The Labute approximate surface area is 103 Å². The Morgan fingerprint density at radius 2 is 2.11 bits per heavy atom. The molecule has 0 saturated heterocycles. The maximum atomic E-state index is 13.8. The first-order valence-corrected chi connectivity index (χ1v) is 5.87. The molecule has 1 heterocycles. The van der Waals surface area contributed by atoms with Gasteiger partial charge in [-0.15, -0.1) is 0 Å². The number of hydrogen-bond acceptors (Lipinski definition) is 2. The smallest absolute Gasteiger partial charge is 0.153 e. The third-order valence-corrected chi connectivity index (χ3v) is 3.50. The van der Waals surface area contributed by atoms with E-state index >= 15 is 0 Å². The van der Waals surface area contributed by atoms with Crippen LogP contribution in [0.5, 0.6) is 0 Å². The van der Waals surface area contributed by atoms with E-state index in [0.717, 1.165) is 18.2 Å². The second kappa shape index (κ2) is 3.80. The van der Waals surface area contributed by atoms with Gasteiger partial charge in [-0.1, -0.05) is 6.92 Å². The SMILES string of the molecule is CC1CC1c1[nH]nc(N)c1-c1ccc(F)cc1F. The lowest BCUT2D eigenvalue weighted by Gasteiger charge is -2.05. The molecule has 18 heavy (non-hydrogen) atoms. The minimum Gasteiger partial charge on any atom is -0.382 e. The number of nitrogens with one attached hydrogen (secondary N) is 1. The number of nitrogen functional groups attached to an aromatic ring is 1. The summed E-state index contributed by atoms with van der Waals surface area (Å²) in [6, 6.07) is 3.50. The molecular weight excluding hydrogens is 236 g/mol. The average Bonchev–Trinajstić information content (AvgIpc) is 2.91. The molecule has 1 saturated carbocycles. The highest BCUT2D eigenvalue weighted by atomic mass is 19.1. The van der Waals surface area contributed by atoms with Crippen LogP contribution in [-0.2, 0) is 0 Å². The Bertz CT molecular complexity index is 606. The van der Waals surface area contributed by atoms with Crippen LogP contribution >= 0.6 is 0 Å². The van der Waals surface area contributed by atoms with Crippen molar-refractivity contribution in [2.24, 2.45) is 5.92 Å². The summed E-state index contributed by atoms with van der Waals surface area (Å²) in [6.07, 6.45) is 1.04. The number of halogens is 2. The van der Waals surface area contributed by atoms with Gasteiger partial charge in [0.05, 0.1) is 0 Å². The Morgan fingerprint density at radius 1 is 1.39 bits per heavy atom. The van der Waals surface area contributed by atoms with E-state index < -0.39 is 11.6 Å². The highest BCUT2D eigenvalue weighted by molar-refractivity contribution is 5.77. The number of rotatable bonds is 2. The van der Waals surface area contributed by atoms with Crippen molar-refractivity contribution in [1.82, 2.24) is 10.2 Å². The fourth-order valence-electron chi connectivity index (χ4n) is 2.34. The molecule has 5 heteroatoms. The van der Waals surface area contributed by atoms with Crippen LogP contribution in [-0.4, -0.2) is 10.2 Å². The molecule has 3 N–H and O–H groups in total. The van der Waals surface area contributed by atoms with Gasteiger partial charge in [-0.05, 0) is 24.5 Å². The van der Waals surface area contributed by atoms with Gasteiger partial charge in [0, 0.05) is 28.8 Å². The molecule has 1 aliphatic carbocycles. The zero-order valence-corrected chi connectivity index (χ0v) is 9.87. The number of anilines is 1. The highest BCUT2D eigenvalue weighted by Crippen LogP contribution is 2.50. The summed E-state index contributed by atoms with van der Waals surface area (Å²) in [6.45, 7) is 2.12. The van der Waals surface area contributed by atoms with Gasteiger partial charge in [0.25, 0.3) is 0 Å². The quantitative estimate of drug-likeness (QED) is 0.859. The maximum absolute atomic E-state index is 13.8. The van der Waals surface area contributed by atoms with Gasteiger partial charge in [-0.2, -0.15) is 5.10 Å². The van der Waals surface area contributed by atoms with Crippen molar-refractivity contribution in [3.05, 3.63) is 35.5 Å². The zero-order chi connectivity index (χ0) is 12.9. The lowest BCUT2D eigenvalue weighted by Crippen LogP contribution is -1.94. The van der Waals surface area contributed by atoms with E-state index in [4.69, 9.17) is 5.73 Å². The second-order valence-corrected chi connectivity index (χ2v) is 4.84. The normalized spacial score (nSPS) is 22.2. The Hall–Kier alpha value is -1.91. The van der Waals surface area contributed by atoms with Crippen LogP contribution in [0.3, 0.4) is 0 Å². The van der Waals surface area contributed by atoms with Gasteiger partial charge >= 0.3 is 0 Å². The van der Waals surface area contributed by atoms with E-state index in [0.29, 0.717) is 23.0 Å². The molecule has 0 bridgehead atoms. The van der Waals surface area contributed by atoms with E-state index in [2.05, 4.69) is 17.1 Å². The Morgan fingerprint density at radius 3 is 2.72 bits per heavy atom. The van der Waals surface area contributed by atoms with Gasteiger partial charge in [-0.25, -0.2) is 8.78 Å². The molecular formula is C13H13F2N3. The van der Waals surface area contributed by atoms with Gasteiger partial charge < -0.3 is 5.73 Å². The summed E-state index contributed by atoms with van der Waals surface area (Å²) in [5, 5.41) is 6.82. The van der Waals surface area contributed by atoms with E-state index in [1.165, 1.54) is 12.1 Å². The summed E-state index contributed by atoms with van der Waals surface area (Å²) >= 11 is 0. The standard InChI is InChI=1S/C13H13F2N3/c1-6-4-9(6)12-11(13(16)18-17-12)8-3-2-7(14)5-10(8)15/h2-3,5-6,9H,4H2,1H3,(H3,16,17,18). The van der Waals surface area contributed by atoms with Crippen molar-refractivity contribution in [2.45, 2.75) is 19.3 Å². The van der Waals surface area contributed by atoms with Gasteiger partial charge in [-0.3, -0.25) is 5.10 Å². The van der Waals surface area contributed by atoms with E-state index in [1.54, 1.807) is 0 Å². The first kappa shape index (κ1) is 11.2. The topological polar surface area (TPSA) is 54.7 Å². The summed E-state index contributed by atoms with van der Waals surface area (Å²) in [7, 11) is 0. The zero-order valence-electron chi connectivity index (χ0n) is 9.87. The van der Waals surface area contributed by atoms with Gasteiger partial charge in [0.2, 0.25) is 0 Å². The number of benzene rings is 1. The van der Waals surface area contributed by atoms with Crippen molar-refractivity contribution in [3.8, 4) is 11.1 Å². The lowest BCUT2D eigenvalue weighted by molar-refractivity contribution is 0.585. The molecule has 1 aromatic heterocycles. The third kappa shape index (κ3) is 1.66. The molecule has 1 fully saturated rings. The van der Waals surface area contributed by atoms with Crippen LogP contribution in [0.1, 0.15) is 25.0 Å². The number of aromatic amines is 1. The summed E-state index contributed by atoms with van der Waals surface area (Å²) in [5.41, 5.74) is 7.51. The predicted molar refractivity (Wildman–Crippen MR) is 64.9 cm³/mol. The Kier molecular flexibility index (Phi) is 2.36. The number of aromatic nitrogens is 2. The van der Waals surface area contributed by atoms with E-state index in [9.17, 15) is 8.78 Å². The second-order valence-electron chi connectivity index (χ2n) is 4.84. The van der Waals surface area contributed by atoms with Crippen LogP contribution in [0.2, 0.25) is 0 Å². The fourth-order valence-corrected chi connectivity index (χ4v) is 2.34. The highest BCUT2D eigenvalue weighted by Gasteiger charge is 2.38. The van der Waals surface area contributed by atoms with Crippen LogP contribution in [0.4, 0.5) is 14.6 Å². The summed E-state index contributed by atoms with van der Waals surface area (Å²) in [4.78, 5) is 0.